The normalized spacial score (nSPS) is 28.7. The molecule has 88 valence electrons. The van der Waals surface area contributed by atoms with Gasteiger partial charge in [0.25, 0.3) is 0 Å². The van der Waals surface area contributed by atoms with Gasteiger partial charge in [-0.3, -0.25) is 9.69 Å². The van der Waals surface area contributed by atoms with Gasteiger partial charge in [0.1, 0.15) is 5.54 Å². The molecule has 0 saturated carbocycles. The molecule has 0 bridgehead atoms. The number of hydrogen-bond acceptors (Lipinski definition) is 4. The fourth-order valence-corrected chi connectivity index (χ4v) is 1.81. The van der Waals surface area contributed by atoms with E-state index >= 15 is 0 Å². The molecule has 0 spiro atoms. The first kappa shape index (κ1) is 12.4. The Morgan fingerprint density at radius 1 is 1.53 bits per heavy atom. The van der Waals surface area contributed by atoms with Gasteiger partial charge in [0, 0.05) is 32.2 Å². The number of carbonyl (C=O) groups is 1. The molecule has 1 heterocycles. The molecule has 15 heavy (non-hydrogen) atoms. The second kappa shape index (κ2) is 4.47. The van der Waals surface area contributed by atoms with Crippen molar-refractivity contribution in [3.8, 4) is 0 Å². The number of amides is 1. The molecule has 5 nitrogen and oxygen atoms in total. The highest BCUT2D eigenvalue weighted by Gasteiger charge is 2.31. The number of nitrogens with two attached hydrogens (primary N) is 2. The van der Waals surface area contributed by atoms with Crippen molar-refractivity contribution in [1.82, 2.24) is 9.80 Å². The molecular weight excluding hydrogens is 192 g/mol. The molecule has 0 aliphatic carbocycles. The zero-order valence-electron chi connectivity index (χ0n) is 9.86. The number of piperazine rings is 1. The summed E-state index contributed by atoms with van der Waals surface area (Å²) in [6.07, 6.45) is 0. The Balaban J connectivity index is 2.50. The maximum Gasteiger partial charge on any atom is 0.238 e. The summed E-state index contributed by atoms with van der Waals surface area (Å²) in [5, 5.41) is 0. The Morgan fingerprint density at radius 3 is 2.60 bits per heavy atom. The molecule has 1 aliphatic heterocycles. The molecule has 2 unspecified atom stereocenters. The standard InChI is InChI=1S/C10H22N4O/c1-8-6-14(5-4-13(8)3)7-10(2,12)9(11)15/h8H,4-7,12H2,1-3H3,(H2,11,15). The lowest BCUT2D eigenvalue weighted by Crippen LogP contribution is -2.60. The van der Waals surface area contributed by atoms with Crippen LogP contribution in [0.3, 0.4) is 0 Å². The molecule has 5 heteroatoms. The second-order valence-electron chi connectivity index (χ2n) is 4.85. The van der Waals surface area contributed by atoms with Crippen molar-refractivity contribution in [3.05, 3.63) is 0 Å². The Bertz CT molecular complexity index is 242. The summed E-state index contributed by atoms with van der Waals surface area (Å²) >= 11 is 0. The van der Waals surface area contributed by atoms with E-state index in [1.165, 1.54) is 0 Å². The Hall–Kier alpha value is -0.650. The molecule has 1 fully saturated rings. The van der Waals surface area contributed by atoms with Gasteiger partial charge in [0.2, 0.25) is 5.91 Å². The maximum atomic E-state index is 11.1. The van der Waals surface area contributed by atoms with Gasteiger partial charge in [0.15, 0.2) is 0 Å². The fourth-order valence-electron chi connectivity index (χ4n) is 1.81. The van der Waals surface area contributed by atoms with Gasteiger partial charge >= 0.3 is 0 Å². The van der Waals surface area contributed by atoms with Crippen LogP contribution in [-0.4, -0.2) is 60.5 Å². The van der Waals surface area contributed by atoms with Crippen molar-refractivity contribution in [3.63, 3.8) is 0 Å². The Kier molecular flexibility index (Phi) is 3.70. The first-order chi connectivity index (χ1) is 6.83. The average molecular weight is 214 g/mol. The van der Waals surface area contributed by atoms with Crippen LogP contribution < -0.4 is 11.5 Å². The lowest BCUT2D eigenvalue weighted by molar-refractivity contribution is -0.123. The molecule has 0 aromatic carbocycles. The molecule has 0 aromatic heterocycles. The van der Waals surface area contributed by atoms with Crippen LogP contribution >= 0.6 is 0 Å². The quantitative estimate of drug-likeness (QED) is 0.620. The van der Waals surface area contributed by atoms with Crippen LogP contribution in [0.4, 0.5) is 0 Å². The number of primary amides is 1. The zero-order chi connectivity index (χ0) is 11.6. The van der Waals surface area contributed by atoms with Crippen molar-refractivity contribution in [2.45, 2.75) is 25.4 Å². The molecule has 1 saturated heterocycles. The molecule has 1 aliphatic rings. The van der Waals surface area contributed by atoms with Gasteiger partial charge < -0.3 is 16.4 Å². The van der Waals surface area contributed by atoms with Crippen LogP contribution in [0.2, 0.25) is 0 Å². The largest absolute Gasteiger partial charge is 0.368 e. The fraction of sp³-hybridized carbons (Fsp3) is 0.900. The van der Waals surface area contributed by atoms with Gasteiger partial charge in [-0.1, -0.05) is 0 Å². The van der Waals surface area contributed by atoms with Gasteiger partial charge in [-0.25, -0.2) is 0 Å². The SMILES string of the molecule is CC1CN(CC(C)(N)C(N)=O)CCN1C. The molecular formula is C10H22N4O. The minimum absolute atomic E-state index is 0.436. The predicted molar refractivity (Wildman–Crippen MR) is 60.3 cm³/mol. The number of hydrogen-bond donors (Lipinski definition) is 2. The molecule has 4 N–H and O–H groups in total. The highest BCUT2D eigenvalue weighted by Crippen LogP contribution is 2.10. The summed E-state index contributed by atoms with van der Waals surface area (Å²) in [7, 11) is 2.11. The molecule has 0 radical (unpaired) electrons. The van der Waals surface area contributed by atoms with E-state index in [0.717, 1.165) is 19.6 Å². The van der Waals surface area contributed by atoms with Crippen LogP contribution in [0, 0.1) is 0 Å². The number of likely N-dealkylation sites (N-methyl/N-ethyl adjacent to an activating group) is 1. The van der Waals surface area contributed by atoms with Crippen LogP contribution in [0.25, 0.3) is 0 Å². The van der Waals surface area contributed by atoms with Crippen molar-refractivity contribution in [2.24, 2.45) is 11.5 Å². The zero-order valence-corrected chi connectivity index (χ0v) is 9.86. The van der Waals surface area contributed by atoms with E-state index in [4.69, 9.17) is 11.5 Å². The smallest absolute Gasteiger partial charge is 0.238 e. The molecule has 0 aromatic rings. The predicted octanol–water partition coefficient (Wildman–Crippen LogP) is -1.17. The van der Waals surface area contributed by atoms with Crippen molar-refractivity contribution in [2.75, 3.05) is 33.2 Å². The third kappa shape index (κ3) is 3.15. The van der Waals surface area contributed by atoms with Crippen LogP contribution in [-0.2, 0) is 4.79 Å². The Labute approximate surface area is 91.4 Å². The van der Waals surface area contributed by atoms with Crippen molar-refractivity contribution < 1.29 is 4.79 Å². The van der Waals surface area contributed by atoms with Crippen LogP contribution in [0.1, 0.15) is 13.8 Å². The van der Waals surface area contributed by atoms with Crippen molar-refractivity contribution in [1.29, 1.82) is 0 Å². The first-order valence-electron chi connectivity index (χ1n) is 5.34. The molecule has 1 amide bonds. The van der Waals surface area contributed by atoms with E-state index in [9.17, 15) is 4.79 Å². The monoisotopic (exact) mass is 214 g/mol. The van der Waals surface area contributed by atoms with E-state index in [-0.39, 0.29) is 0 Å². The average Bonchev–Trinajstić information content (AvgIpc) is 2.10. The summed E-state index contributed by atoms with van der Waals surface area (Å²) in [6, 6.07) is 0.502. The number of carbonyl (C=O) groups excluding carboxylic acids is 1. The van der Waals surface area contributed by atoms with Crippen molar-refractivity contribution >= 4 is 5.91 Å². The van der Waals surface area contributed by atoms with Crippen LogP contribution in [0.5, 0.6) is 0 Å². The lowest BCUT2D eigenvalue weighted by atomic mass is 10.0. The van der Waals surface area contributed by atoms with Gasteiger partial charge in [-0.15, -0.1) is 0 Å². The van der Waals surface area contributed by atoms with E-state index < -0.39 is 11.4 Å². The first-order valence-corrected chi connectivity index (χ1v) is 5.34. The number of nitrogens with zero attached hydrogens (tertiary/aromatic N) is 2. The third-order valence-electron chi connectivity index (χ3n) is 3.16. The minimum Gasteiger partial charge on any atom is -0.368 e. The summed E-state index contributed by atoms with van der Waals surface area (Å²) in [5.41, 5.74) is 10.2. The Morgan fingerprint density at radius 2 is 2.13 bits per heavy atom. The summed E-state index contributed by atoms with van der Waals surface area (Å²) < 4.78 is 0. The van der Waals surface area contributed by atoms with E-state index in [1.54, 1.807) is 6.92 Å². The van der Waals surface area contributed by atoms with Gasteiger partial charge in [-0.05, 0) is 20.9 Å². The highest BCUT2D eigenvalue weighted by molar-refractivity contribution is 5.84. The van der Waals surface area contributed by atoms with E-state index in [2.05, 4.69) is 23.8 Å². The third-order valence-corrected chi connectivity index (χ3v) is 3.16. The molecule has 1 rings (SSSR count). The lowest BCUT2D eigenvalue weighted by Gasteiger charge is -2.40. The highest BCUT2D eigenvalue weighted by atomic mass is 16.1. The van der Waals surface area contributed by atoms with E-state index in [1.807, 2.05) is 0 Å². The summed E-state index contributed by atoms with van der Waals surface area (Å²) in [4.78, 5) is 15.6. The van der Waals surface area contributed by atoms with Gasteiger partial charge in [-0.2, -0.15) is 0 Å². The summed E-state index contributed by atoms with van der Waals surface area (Å²) in [5.74, 6) is -0.436. The topological polar surface area (TPSA) is 75.6 Å². The van der Waals surface area contributed by atoms with E-state index in [0.29, 0.717) is 12.6 Å². The maximum absolute atomic E-state index is 11.1. The summed E-state index contributed by atoms with van der Waals surface area (Å²) in [6.45, 7) is 7.30. The van der Waals surface area contributed by atoms with Gasteiger partial charge in [0.05, 0.1) is 0 Å². The molecule has 2 atom stereocenters. The van der Waals surface area contributed by atoms with Crippen LogP contribution in [0.15, 0.2) is 0 Å². The number of rotatable bonds is 3. The second-order valence-corrected chi connectivity index (χ2v) is 4.85. The minimum atomic E-state index is -0.921.